The molecule has 2 rings (SSSR count). The van der Waals surface area contributed by atoms with E-state index in [2.05, 4.69) is 15.4 Å². The second-order valence-corrected chi connectivity index (χ2v) is 6.48. The molecule has 0 aliphatic carbocycles. The SMILES string of the molecule is CNC(=O)c1ccc(S(=O)(=O)NC2CCC(=O)NC2)cc1. The Labute approximate surface area is 123 Å². The Morgan fingerprint density at radius 3 is 2.48 bits per heavy atom. The molecule has 114 valence electrons. The molecule has 0 bridgehead atoms. The maximum atomic E-state index is 12.2. The van der Waals surface area contributed by atoms with E-state index in [1.54, 1.807) is 0 Å². The predicted molar refractivity (Wildman–Crippen MR) is 76.2 cm³/mol. The van der Waals surface area contributed by atoms with E-state index in [0.29, 0.717) is 18.4 Å². The van der Waals surface area contributed by atoms with Gasteiger partial charge in [0.05, 0.1) is 4.90 Å². The Kier molecular flexibility index (Phi) is 4.59. The minimum atomic E-state index is -3.66. The summed E-state index contributed by atoms with van der Waals surface area (Å²) in [6.07, 6.45) is 0.782. The van der Waals surface area contributed by atoms with E-state index in [1.165, 1.54) is 31.3 Å². The number of carbonyl (C=O) groups is 2. The van der Waals surface area contributed by atoms with Gasteiger partial charge in [-0.15, -0.1) is 0 Å². The highest BCUT2D eigenvalue weighted by Crippen LogP contribution is 2.13. The number of hydrogen-bond donors (Lipinski definition) is 3. The second-order valence-electron chi connectivity index (χ2n) is 4.76. The molecule has 0 aromatic heterocycles. The Morgan fingerprint density at radius 2 is 1.95 bits per heavy atom. The summed E-state index contributed by atoms with van der Waals surface area (Å²) < 4.78 is 27.0. The molecule has 7 nitrogen and oxygen atoms in total. The normalized spacial score (nSPS) is 18.9. The number of piperidine rings is 1. The van der Waals surface area contributed by atoms with Gasteiger partial charge in [-0.25, -0.2) is 13.1 Å². The number of nitrogens with one attached hydrogen (secondary N) is 3. The number of benzene rings is 1. The van der Waals surface area contributed by atoms with Crippen molar-refractivity contribution in [2.45, 2.75) is 23.8 Å². The van der Waals surface area contributed by atoms with E-state index in [4.69, 9.17) is 0 Å². The van der Waals surface area contributed by atoms with Gasteiger partial charge in [-0.1, -0.05) is 0 Å². The van der Waals surface area contributed by atoms with Crippen LogP contribution in [-0.4, -0.2) is 39.9 Å². The lowest BCUT2D eigenvalue weighted by atomic mass is 10.1. The van der Waals surface area contributed by atoms with Gasteiger partial charge in [-0.3, -0.25) is 9.59 Å². The summed E-state index contributed by atoms with van der Waals surface area (Å²) in [7, 11) is -2.15. The number of carbonyl (C=O) groups excluding carboxylic acids is 2. The zero-order valence-corrected chi connectivity index (χ0v) is 12.4. The standard InChI is InChI=1S/C13H17N3O4S/c1-14-13(18)9-2-5-11(6-3-9)21(19,20)16-10-4-7-12(17)15-8-10/h2-3,5-6,10,16H,4,7-8H2,1H3,(H,14,18)(H,15,17). The van der Waals surface area contributed by atoms with Gasteiger partial charge in [0.1, 0.15) is 0 Å². The number of sulfonamides is 1. The summed E-state index contributed by atoms with van der Waals surface area (Å²) in [4.78, 5) is 22.5. The Bertz CT molecular complexity index is 630. The van der Waals surface area contributed by atoms with E-state index >= 15 is 0 Å². The first-order valence-corrected chi connectivity index (χ1v) is 8.02. The van der Waals surface area contributed by atoms with E-state index in [9.17, 15) is 18.0 Å². The van der Waals surface area contributed by atoms with Crippen molar-refractivity contribution >= 4 is 21.8 Å². The molecule has 8 heteroatoms. The number of amides is 2. The lowest BCUT2D eigenvalue weighted by molar-refractivity contribution is -0.122. The van der Waals surface area contributed by atoms with Crippen molar-refractivity contribution in [3.8, 4) is 0 Å². The van der Waals surface area contributed by atoms with Crippen LogP contribution in [0.4, 0.5) is 0 Å². The van der Waals surface area contributed by atoms with Crippen LogP contribution in [0.3, 0.4) is 0 Å². The largest absolute Gasteiger partial charge is 0.355 e. The zero-order chi connectivity index (χ0) is 15.5. The van der Waals surface area contributed by atoms with Crippen LogP contribution in [-0.2, 0) is 14.8 Å². The summed E-state index contributed by atoms with van der Waals surface area (Å²) in [5.41, 5.74) is 0.390. The number of hydrogen-bond acceptors (Lipinski definition) is 4. The van der Waals surface area contributed by atoms with Crippen molar-refractivity contribution in [2.75, 3.05) is 13.6 Å². The highest BCUT2D eigenvalue weighted by Gasteiger charge is 2.24. The van der Waals surface area contributed by atoms with Gasteiger partial charge >= 0.3 is 0 Å². The van der Waals surface area contributed by atoms with Crippen molar-refractivity contribution in [2.24, 2.45) is 0 Å². The van der Waals surface area contributed by atoms with Crippen LogP contribution in [0.5, 0.6) is 0 Å². The van der Waals surface area contributed by atoms with Crippen LogP contribution in [0.2, 0.25) is 0 Å². The minimum Gasteiger partial charge on any atom is -0.355 e. The molecule has 1 aliphatic heterocycles. The van der Waals surface area contributed by atoms with E-state index in [-0.39, 0.29) is 29.3 Å². The molecule has 0 radical (unpaired) electrons. The van der Waals surface area contributed by atoms with Crippen LogP contribution < -0.4 is 15.4 Å². The summed E-state index contributed by atoms with van der Waals surface area (Å²) in [5.74, 6) is -0.345. The predicted octanol–water partition coefficient (Wildman–Crippen LogP) is -0.397. The molecule has 0 saturated carbocycles. The quantitative estimate of drug-likeness (QED) is 0.704. The number of rotatable bonds is 4. The van der Waals surface area contributed by atoms with E-state index in [0.717, 1.165) is 0 Å². The molecule has 1 saturated heterocycles. The van der Waals surface area contributed by atoms with Crippen molar-refractivity contribution in [3.05, 3.63) is 29.8 Å². The second kappa shape index (κ2) is 6.23. The van der Waals surface area contributed by atoms with Crippen molar-refractivity contribution in [1.82, 2.24) is 15.4 Å². The summed E-state index contributed by atoms with van der Waals surface area (Å²) in [6, 6.07) is 5.36. The lowest BCUT2D eigenvalue weighted by Crippen LogP contribution is -2.47. The third kappa shape index (κ3) is 3.79. The molecule has 1 aromatic carbocycles. The van der Waals surface area contributed by atoms with Gasteiger partial charge < -0.3 is 10.6 Å². The van der Waals surface area contributed by atoms with Crippen molar-refractivity contribution < 1.29 is 18.0 Å². The van der Waals surface area contributed by atoms with Gasteiger partial charge in [0.25, 0.3) is 5.91 Å². The fourth-order valence-electron chi connectivity index (χ4n) is 2.05. The Morgan fingerprint density at radius 1 is 1.29 bits per heavy atom. The maximum Gasteiger partial charge on any atom is 0.251 e. The third-order valence-corrected chi connectivity index (χ3v) is 4.78. The van der Waals surface area contributed by atoms with Crippen LogP contribution >= 0.6 is 0 Å². The molecule has 3 N–H and O–H groups in total. The zero-order valence-electron chi connectivity index (χ0n) is 11.5. The average molecular weight is 311 g/mol. The smallest absolute Gasteiger partial charge is 0.251 e. The van der Waals surface area contributed by atoms with Gasteiger partial charge in [0, 0.05) is 31.6 Å². The van der Waals surface area contributed by atoms with Crippen LogP contribution in [0, 0.1) is 0 Å². The van der Waals surface area contributed by atoms with Gasteiger partial charge in [0.2, 0.25) is 15.9 Å². The van der Waals surface area contributed by atoms with Gasteiger partial charge in [0.15, 0.2) is 0 Å². The first-order chi connectivity index (χ1) is 9.92. The summed E-state index contributed by atoms with van der Waals surface area (Å²) in [6.45, 7) is 0.286. The first kappa shape index (κ1) is 15.5. The molecule has 1 heterocycles. The third-order valence-electron chi connectivity index (χ3n) is 3.24. The fourth-order valence-corrected chi connectivity index (χ4v) is 3.32. The van der Waals surface area contributed by atoms with Crippen LogP contribution in [0.25, 0.3) is 0 Å². The van der Waals surface area contributed by atoms with E-state index < -0.39 is 10.0 Å². The molecular weight excluding hydrogens is 294 g/mol. The molecular formula is C13H17N3O4S. The first-order valence-electron chi connectivity index (χ1n) is 6.53. The van der Waals surface area contributed by atoms with Crippen molar-refractivity contribution in [3.63, 3.8) is 0 Å². The average Bonchev–Trinajstić information content (AvgIpc) is 2.49. The highest BCUT2D eigenvalue weighted by atomic mass is 32.2. The highest BCUT2D eigenvalue weighted by molar-refractivity contribution is 7.89. The molecule has 1 atom stereocenters. The molecule has 1 unspecified atom stereocenters. The minimum absolute atomic E-state index is 0.0691. The van der Waals surface area contributed by atoms with Gasteiger partial charge in [-0.05, 0) is 30.7 Å². The molecule has 0 spiro atoms. The topological polar surface area (TPSA) is 104 Å². The Hall–Kier alpha value is -1.93. The van der Waals surface area contributed by atoms with Crippen molar-refractivity contribution in [1.29, 1.82) is 0 Å². The lowest BCUT2D eigenvalue weighted by Gasteiger charge is -2.23. The molecule has 1 aromatic rings. The molecule has 1 fully saturated rings. The van der Waals surface area contributed by atoms with Crippen LogP contribution in [0.15, 0.2) is 29.2 Å². The van der Waals surface area contributed by atoms with E-state index in [1.807, 2.05) is 0 Å². The van der Waals surface area contributed by atoms with Gasteiger partial charge in [-0.2, -0.15) is 0 Å². The monoisotopic (exact) mass is 311 g/mol. The molecule has 1 aliphatic rings. The molecule has 21 heavy (non-hydrogen) atoms. The van der Waals surface area contributed by atoms with Crippen LogP contribution in [0.1, 0.15) is 23.2 Å². The summed E-state index contributed by atoms with van der Waals surface area (Å²) in [5, 5.41) is 5.08. The fraction of sp³-hybridized carbons (Fsp3) is 0.385. The Balaban J connectivity index is 2.08. The summed E-state index contributed by atoms with van der Waals surface area (Å²) >= 11 is 0. The molecule has 2 amide bonds. The maximum absolute atomic E-state index is 12.2.